The van der Waals surface area contributed by atoms with E-state index in [4.69, 9.17) is 9.47 Å². The second-order valence-electron chi connectivity index (χ2n) is 5.83. The average molecular weight is 316 g/mol. The number of rotatable bonds is 11. The summed E-state index contributed by atoms with van der Waals surface area (Å²) in [6.07, 6.45) is 1.35. The summed E-state index contributed by atoms with van der Waals surface area (Å²) < 4.78 is 10.5. The fourth-order valence-electron chi connectivity index (χ4n) is 2.10. The van der Waals surface area contributed by atoms with Crippen molar-refractivity contribution in [1.82, 2.24) is 10.6 Å². The first kappa shape index (κ1) is 20.9. The van der Waals surface area contributed by atoms with Gasteiger partial charge in [0.2, 0.25) is 11.8 Å². The summed E-state index contributed by atoms with van der Waals surface area (Å²) in [5.74, 6) is -0.186. The number of carbonyl (C=O) groups excluding carboxylic acids is 2. The molecule has 0 saturated carbocycles. The van der Waals surface area contributed by atoms with E-state index in [1.54, 1.807) is 14.0 Å². The molecule has 0 spiro atoms. The van der Waals surface area contributed by atoms with Crippen molar-refractivity contribution in [3.05, 3.63) is 0 Å². The van der Waals surface area contributed by atoms with Crippen LogP contribution in [-0.2, 0) is 19.1 Å². The van der Waals surface area contributed by atoms with Crippen molar-refractivity contribution >= 4 is 11.8 Å². The molecule has 0 aliphatic rings. The van der Waals surface area contributed by atoms with Crippen molar-refractivity contribution in [3.8, 4) is 0 Å². The number of nitrogens with one attached hydrogen (secondary N) is 2. The standard InChI is InChI=1S/C16H32N2O4/c1-7-22-13(5)15(19)18-12(4)9-8-10-14(21-6)16(20)17-11(2)3/h11-14H,7-10H2,1-6H3,(H,17,20)(H,18,19). The van der Waals surface area contributed by atoms with Crippen LogP contribution < -0.4 is 10.6 Å². The first-order valence-electron chi connectivity index (χ1n) is 8.06. The Bertz CT molecular complexity index is 334. The molecule has 0 radical (unpaired) electrons. The van der Waals surface area contributed by atoms with Gasteiger partial charge in [0.25, 0.3) is 0 Å². The van der Waals surface area contributed by atoms with E-state index < -0.39 is 12.2 Å². The van der Waals surface area contributed by atoms with Gasteiger partial charge in [-0.15, -0.1) is 0 Å². The van der Waals surface area contributed by atoms with Crippen LogP contribution in [0, 0.1) is 0 Å². The molecule has 6 nitrogen and oxygen atoms in total. The molecule has 2 amide bonds. The Balaban J connectivity index is 4.06. The van der Waals surface area contributed by atoms with Crippen molar-refractivity contribution in [2.75, 3.05) is 13.7 Å². The quantitative estimate of drug-likeness (QED) is 0.607. The SMILES string of the molecule is CCOC(C)C(=O)NC(C)CCCC(OC)C(=O)NC(C)C. The van der Waals surface area contributed by atoms with Gasteiger partial charge in [-0.25, -0.2) is 0 Å². The summed E-state index contributed by atoms with van der Waals surface area (Å²) >= 11 is 0. The fraction of sp³-hybridized carbons (Fsp3) is 0.875. The third kappa shape index (κ3) is 9.00. The maximum Gasteiger partial charge on any atom is 0.249 e. The van der Waals surface area contributed by atoms with Crippen LogP contribution >= 0.6 is 0 Å². The Hall–Kier alpha value is -1.14. The summed E-state index contributed by atoms with van der Waals surface area (Å²) in [6, 6.07) is 0.143. The van der Waals surface area contributed by atoms with Crippen LogP contribution in [0.3, 0.4) is 0 Å². The van der Waals surface area contributed by atoms with E-state index in [1.165, 1.54) is 0 Å². The Morgan fingerprint density at radius 3 is 2.14 bits per heavy atom. The van der Waals surface area contributed by atoms with Crippen molar-refractivity contribution in [2.45, 2.75) is 78.2 Å². The van der Waals surface area contributed by atoms with Gasteiger partial charge in [0, 0.05) is 25.8 Å². The van der Waals surface area contributed by atoms with Gasteiger partial charge in [-0.2, -0.15) is 0 Å². The fourth-order valence-corrected chi connectivity index (χ4v) is 2.10. The van der Waals surface area contributed by atoms with Crippen LogP contribution in [0.1, 0.15) is 53.9 Å². The molecule has 0 saturated heterocycles. The van der Waals surface area contributed by atoms with Gasteiger partial charge in [-0.05, 0) is 53.9 Å². The lowest BCUT2D eigenvalue weighted by atomic mass is 10.1. The molecule has 0 heterocycles. The van der Waals surface area contributed by atoms with Crippen molar-refractivity contribution < 1.29 is 19.1 Å². The van der Waals surface area contributed by atoms with Gasteiger partial charge in [0.1, 0.15) is 12.2 Å². The molecular formula is C16H32N2O4. The Morgan fingerprint density at radius 1 is 1.00 bits per heavy atom. The second kappa shape index (κ2) is 11.4. The molecule has 0 aromatic rings. The first-order valence-corrected chi connectivity index (χ1v) is 8.06. The van der Waals surface area contributed by atoms with Gasteiger partial charge in [0.15, 0.2) is 0 Å². The van der Waals surface area contributed by atoms with E-state index in [2.05, 4.69) is 10.6 Å². The number of ether oxygens (including phenoxy) is 2. The molecule has 0 aliphatic carbocycles. The number of amides is 2. The Morgan fingerprint density at radius 2 is 1.64 bits per heavy atom. The topological polar surface area (TPSA) is 76.7 Å². The molecule has 3 atom stereocenters. The molecule has 22 heavy (non-hydrogen) atoms. The Kier molecular flexibility index (Phi) is 10.8. The molecule has 0 aromatic carbocycles. The average Bonchev–Trinajstić information content (AvgIpc) is 2.42. The maximum absolute atomic E-state index is 11.9. The number of methoxy groups -OCH3 is 1. The third-order valence-electron chi connectivity index (χ3n) is 3.29. The van der Waals surface area contributed by atoms with E-state index in [0.29, 0.717) is 13.0 Å². The highest BCUT2D eigenvalue weighted by molar-refractivity contribution is 5.81. The minimum absolute atomic E-state index is 0.0427. The monoisotopic (exact) mass is 316 g/mol. The highest BCUT2D eigenvalue weighted by atomic mass is 16.5. The maximum atomic E-state index is 11.9. The normalized spacial score (nSPS) is 15.2. The van der Waals surface area contributed by atoms with E-state index in [9.17, 15) is 9.59 Å². The van der Waals surface area contributed by atoms with E-state index in [0.717, 1.165) is 12.8 Å². The molecule has 0 aliphatic heterocycles. The highest BCUT2D eigenvalue weighted by Crippen LogP contribution is 2.08. The molecular weight excluding hydrogens is 284 g/mol. The first-order chi connectivity index (χ1) is 10.3. The summed E-state index contributed by atoms with van der Waals surface area (Å²) in [5.41, 5.74) is 0. The molecule has 0 bridgehead atoms. The van der Waals surface area contributed by atoms with Crippen molar-refractivity contribution in [1.29, 1.82) is 0 Å². The molecule has 0 fully saturated rings. The zero-order valence-electron chi connectivity index (χ0n) is 14.8. The summed E-state index contributed by atoms with van der Waals surface area (Å²) in [6.45, 7) is 9.91. The van der Waals surface area contributed by atoms with Crippen LogP contribution in [0.4, 0.5) is 0 Å². The van der Waals surface area contributed by atoms with E-state index >= 15 is 0 Å². The smallest absolute Gasteiger partial charge is 0.249 e. The number of hydrogen-bond acceptors (Lipinski definition) is 4. The van der Waals surface area contributed by atoms with Gasteiger partial charge in [0.05, 0.1) is 0 Å². The predicted octanol–water partition coefficient (Wildman–Crippen LogP) is 1.63. The van der Waals surface area contributed by atoms with Crippen LogP contribution in [-0.4, -0.2) is 49.8 Å². The summed E-state index contributed by atoms with van der Waals surface area (Å²) in [5, 5.41) is 5.76. The number of hydrogen-bond donors (Lipinski definition) is 2. The van der Waals surface area contributed by atoms with Gasteiger partial charge < -0.3 is 20.1 Å². The molecule has 3 unspecified atom stereocenters. The lowest BCUT2D eigenvalue weighted by Gasteiger charge is -2.20. The van der Waals surface area contributed by atoms with Crippen LogP contribution in [0.15, 0.2) is 0 Å². The van der Waals surface area contributed by atoms with Crippen molar-refractivity contribution in [3.63, 3.8) is 0 Å². The largest absolute Gasteiger partial charge is 0.372 e. The molecule has 130 valence electrons. The zero-order valence-corrected chi connectivity index (χ0v) is 14.8. The van der Waals surface area contributed by atoms with Crippen LogP contribution in [0.5, 0.6) is 0 Å². The third-order valence-corrected chi connectivity index (χ3v) is 3.29. The lowest BCUT2D eigenvalue weighted by molar-refractivity contribution is -0.133. The molecule has 0 rings (SSSR count). The van der Waals surface area contributed by atoms with Gasteiger partial charge >= 0.3 is 0 Å². The van der Waals surface area contributed by atoms with Crippen LogP contribution in [0.2, 0.25) is 0 Å². The minimum atomic E-state index is -0.437. The van der Waals surface area contributed by atoms with Gasteiger partial charge in [-0.3, -0.25) is 9.59 Å². The summed E-state index contributed by atoms with van der Waals surface area (Å²) in [4.78, 5) is 23.7. The van der Waals surface area contributed by atoms with E-state index in [-0.39, 0.29) is 23.9 Å². The second-order valence-corrected chi connectivity index (χ2v) is 5.83. The zero-order chi connectivity index (χ0) is 17.1. The molecule has 0 aromatic heterocycles. The minimum Gasteiger partial charge on any atom is -0.372 e. The van der Waals surface area contributed by atoms with Gasteiger partial charge in [-0.1, -0.05) is 0 Å². The Labute approximate surface area is 134 Å². The predicted molar refractivity (Wildman–Crippen MR) is 86.6 cm³/mol. The molecule has 6 heteroatoms. The van der Waals surface area contributed by atoms with Crippen LogP contribution in [0.25, 0.3) is 0 Å². The lowest BCUT2D eigenvalue weighted by Crippen LogP contribution is -2.41. The number of carbonyl (C=O) groups is 2. The van der Waals surface area contributed by atoms with Crippen molar-refractivity contribution in [2.24, 2.45) is 0 Å². The summed E-state index contributed by atoms with van der Waals surface area (Å²) in [7, 11) is 1.54. The molecule has 2 N–H and O–H groups in total. The van der Waals surface area contributed by atoms with E-state index in [1.807, 2.05) is 27.7 Å². The highest BCUT2D eigenvalue weighted by Gasteiger charge is 2.19.